The van der Waals surface area contributed by atoms with Crippen molar-refractivity contribution in [1.29, 1.82) is 0 Å². The van der Waals surface area contributed by atoms with Crippen molar-refractivity contribution in [2.75, 3.05) is 7.11 Å². The fourth-order valence-corrected chi connectivity index (χ4v) is 1.87. The predicted molar refractivity (Wildman–Crippen MR) is 71.9 cm³/mol. The van der Waals surface area contributed by atoms with Crippen LogP contribution in [0, 0.1) is 6.92 Å². The monoisotopic (exact) mass is 292 g/mol. The van der Waals surface area contributed by atoms with E-state index in [1.807, 2.05) is 49.4 Å². The molecule has 0 spiro atoms. The molecule has 2 rings (SSSR count). The molecular weight excluding hydrogens is 280 g/mol. The molecule has 0 aliphatic rings. The van der Waals surface area contributed by atoms with Gasteiger partial charge in [0, 0.05) is 4.47 Å². The van der Waals surface area contributed by atoms with E-state index in [-0.39, 0.29) is 0 Å². The van der Waals surface area contributed by atoms with E-state index in [1.165, 1.54) is 5.56 Å². The third-order valence-electron chi connectivity index (χ3n) is 2.34. The van der Waals surface area contributed by atoms with Crippen LogP contribution in [0.25, 0.3) is 0 Å². The van der Waals surface area contributed by atoms with Crippen molar-refractivity contribution in [1.82, 2.24) is 0 Å². The summed E-state index contributed by atoms with van der Waals surface area (Å²) in [4.78, 5) is 0. The van der Waals surface area contributed by atoms with Gasteiger partial charge >= 0.3 is 0 Å². The van der Waals surface area contributed by atoms with Crippen molar-refractivity contribution in [3.63, 3.8) is 0 Å². The first-order valence-electron chi connectivity index (χ1n) is 5.27. The standard InChI is InChI=1S/C14H13BrO2/c1-10-4-3-5-12(8-10)17-13-7-6-11(15)9-14(13)16-2/h3-9H,1-2H3. The number of ether oxygens (including phenoxy) is 2. The molecule has 2 nitrogen and oxygen atoms in total. The molecule has 0 heterocycles. The van der Waals surface area contributed by atoms with Crippen LogP contribution >= 0.6 is 15.9 Å². The molecular formula is C14H13BrO2. The lowest BCUT2D eigenvalue weighted by Crippen LogP contribution is -1.90. The molecule has 0 aliphatic heterocycles. The van der Waals surface area contributed by atoms with Crippen LogP contribution in [-0.2, 0) is 0 Å². The van der Waals surface area contributed by atoms with E-state index < -0.39 is 0 Å². The Hall–Kier alpha value is -1.48. The molecule has 0 unspecified atom stereocenters. The number of hydrogen-bond acceptors (Lipinski definition) is 2. The highest BCUT2D eigenvalue weighted by Crippen LogP contribution is 2.33. The first kappa shape index (κ1) is 12.0. The first-order valence-corrected chi connectivity index (χ1v) is 6.06. The maximum atomic E-state index is 5.79. The lowest BCUT2D eigenvalue weighted by atomic mass is 10.2. The van der Waals surface area contributed by atoms with E-state index in [9.17, 15) is 0 Å². The second-order valence-electron chi connectivity index (χ2n) is 3.71. The van der Waals surface area contributed by atoms with Gasteiger partial charge in [0.05, 0.1) is 7.11 Å². The lowest BCUT2D eigenvalue weighted by molar-refractivity contribution is 0.378. The van der Waals surface area contributed by atoms with Gasteiger partial charge in [-0.15, -0.1) is 0 Å². The topological polar surface area (TPSA) is 18.5 Å². The Bertz CT molecular complexity index is 523. The molecule has 17 heavy (non-hydrogen) atoms. The number of benzene rings is 2. The van der Waals surface area contributed by atoms with Gasteiger partial charge in [-0.1, -0.05) is 28.1 Å². The molecule has 0 radical (unpaired) electrons. The summed E-state index contributed by atoms with van der Waals surface area (Å²) < 4.78 is 12.0. The zero-order valence-electron chi connectivity index (χ0n) is 9.74. The van der Waals surface area contributed by atoms with Crippen LogP contribution in [0.2, 0.25) is 0 Å². The van der Waals surface area contributed by atoms with E-state index in [1.54, 1.807) is 7.11 Å². The van der Waals surface area contributed by atoms with Gasteiger partial charge in [-0.25, -0.2) is 0 Å². The van der Waals surface area contributed by atoms with E-state index in [0.29, 0.717) is 11.5 Å². The molecule has 0 fully saturated rings. The van der Waals surface area contributed by atoms with Gasteiger partial charge in [0.15, 0.2) is 11.5 Å². The van der Waals surface area contributed by atoms with Crippen LogP contribution in [0.5, 0.6) is 17.2 Å². The molecule has 0 saturated carbocycles. The Morgan fingerprint density at radius 3 is 2.53 bits per heavy atom. The summed E-state index contributed by atoms with van der Waals surface area (Å²) in [5.74, 6) is 2.23. The molecule has 0 aromatic heterocycles. The smallest absolute Gasteiger partial charge is 0.169 e. The summed E-state index contributed by atoms with van der Waals surface area (Å²) in [6, 6.07) is 13.6. The van der Waals surface area contributed by atoms with Gasteiger partial charge in [0.1, 0.15) is 5.75 Å². The fraction of sp³-hybridized carbons (Fsp3) is 0.143. The number of rotatable bonds is 3. The van der Waals surface area contributed by atoms with Gasteiger partial charge in [0.2, 0.25) is 0 Å². The summed E-state index contributed by atoms with van der Waals surface area (Å²) >= 11 is 3.40. The van der Waals surface area contributed by atoms with Crippen LogP contribution in [0.15, 0.2) is 46.9 Å². The van der Waals surface area contributed by atoms with Crippen molar-refractivity contribution in [2.45, 2.75) is 6.92 Å². The maximum Gasteiger partial charge on any atom is 0.169 e. The largest absolute Gasteiger partial charge is 0.493 e. The number of halogens is 1. The molecule has 0 aliphatic carbocycles. The Morgan fingerprint density at radius 2 is 1.82 bits per heavy atom. The highest BCUT2D eigenvalue weighted by atomic mass is 79.9. The molecule has 2 aromatic carbocycles. The van der Waals surface area contributed by atoms with E-state index in [0.717, 1.165) is 10.2 Å². The minimum Gasteiger partial charge on any atom is -0.493 e. The number of methoxy groups -OCH3 is 1. The van der Waals surface area contributed by atoms with Crippen molar-refractivity contribution < 1.29 is 9.47 Å². The third-order valence-corrected chi connectivity index (χ3v) is 2.84. The molecule has 2 aromatic rings. The molecule has 0 atom stereocenters. The summed E-state index contributed by atoms with van der Waals surface area (Å²) in [7, 11) is 1.63. The first-order chi connectivity index (χ1) is 8.19. The zero-order chi connectivity index (χ0) is 12.3. The summed E-state index contributed by atoms with van der Waals surface area (Å²) in [6.45, 7) is 2.03. The Morgan fingerprint density at radius 1 is 1.00 bits per heavy atom. The highest BCUT2D eigenvalue weighted by Gasteiger charge is 2.06. The normalized spacial score (nSPS) is 10.1. The third kappa shape index (κ3) is 3.01. The average Bonchev–Trinajstić information content (AvgIpc) is 2.31. The Balaban J connectivity index is 2.29. The SMILES string of the molecule is COc1cc(Br)ccc1Oc1cccc(C)c1. The number of hydrogen-bond donors (Lipinski definition) is 0. The van der Waals surface area contributed by atoms with Gasteiger partial charge in [-0.2, -0.15) is 0 Å². The van der Waals surface area contributed by atoms with Crippen molar-refractivity contribution in [3.05, 3.63) is 52.5 Å². The quantitative estimate of drug-likeness (QED) is 0.826. The molecule has 3 heteroatoms. The second kappa shape index (κ2) is 5.23. The van der Waals surface area contributed by atoms with Crippen LogP contribution in [0.3, 0.4) is 0 Å². The molecule has 0 bridgehead atoms. The molecule has 0 saturated heterocycles. The van der Waals surface area contributed by atoms with Crippen LogP contribution in [0.4, 0.5) is 0 Å². The number of aryl methyl sites for hydroxylation is 1. The Kier molecular flexibility index (Phi) is 3.69. The zero-order valence-corrected chi connectivity index (χ0v) is 11.3. The Labute approximate surface area is 109 Å². The van der Waals surface area contributed by atoms with Gasteiger partial charge in [-0.3, -0.25) is 0 Å². The van der Waals surface area contributed by atoms with Gasteiger partial charge in [-0.05, 0) is 42.8 Å². The van der Waals surface area contributed by atoms with Crippen molar-refractivity contribution in [2.24, 2.45) is 0 Å². The summed E-state index contributed by atoms with van der Waals surface area (Å²) in [5, 5.41) is 0. The van der Waals surface area contributed by atoms with Crippen LogP contribution in [-0.4, -0.2) is 7.11 Å². The minimum absolute atomic E-state index is 0.709. The fourth-order valence-electron chi connectivity index (χ4n) is 1.53. The second-order valence-corrected chi connectivity index (χ2v) is 4.63. The summed E-state index contributed by atoms with van der Waals surface area (Å²) in [6.07, 6.45) is 0. The van der Waals surface area contributed by atoms with E-state index in [2.05, 4.69) is 15.9 Å². The predicted octanol–water partition coefficient (Wildman–Crippen LogP) is 4.56. The molecule has 88 valence electrons. The summed E-state index contributed by atoms with van der Waals surface area (Å²) in [5.41, 5.74) is 1.17. The minimum atomic E-state index is 0.709. The van der Waals surface area contributed by atoms with Crippen molar-refractivity contribution >= 4 is 15.9 Å². The van der Waals surface area contributed by atoms with E-state index >= 15 is 0 Å². The average molecular weight is 293 g/mol. The van der Waals surface area contributed by atoms with Gasteiger partial charge in [0.25, 0.3) is 0 Å². The van der Waals surface area contributed by atoms with Crippen LogP contribution < -0.4 is 9.47 Å². The van der Waals surface area contributed by atoms with Crippen molar-refractivity contribution in [3.8, 4) is 17.2 Å². The van der Waals surface area contributed by atoms with E-state index in [4.69, 9.17) is 9.47 Å². The van der Waals surface area contributed by atoms with Gasteiger partial charge < -0.3 is 9.47 Å². The maximum absolute atomic E-state index is 5.79. The molecule has 0 N–H and O–H groups in total. The molecule has 0 amide bonds. The highest BCUT2D eigenvalue weighted by molar-refractivity contribution is 9.10. The van der Waals surface area contributed by atoms with Crippen LogP contribution in [0.1, 0.15) is 5.56 Å². The lowest BCUT2D eigenvalue weighted by Gasteiger charge is -2.10.